The van der Waals surface area contributed by atoms with Crippen molar-refractivity contribution >= 4 is 23.2 Å². The topological polar surface area (TPSA) is 79.3 Å². The van der Waals surface area contributed by atoms with Crippen LogP contribution >= 0.6 is 11.3 Å². The van der Waals surface area contributed by atoms with Gasteiger partial charge >= 0.3 is 5.97 Å². The van der Waals surface area contributed by atoms with E-state index in [-0.39, 0.29) is 10.8 Å². The quantitative estimate of drug-likeness (QED) is 0.878. The lowest BCUT2D eigenvalue weighted by Crippen LogP contribution is -2.30. The number of aryl methyl sites for hydroxylation is 1. The van der Waals surface area contributed by atoms with E-state index >= 15 is 0 Å². The van der Waals surface area contributed by atoms with Gasteiger partial charge in [-0.15, -0.1) is 11.3 Å². The number of hydrogen-bond acceptors (Lipinski definition) is 4. The largest absolute Gasteiger partial charge is 0.477 e. The van der Waals surface area contributed by atoms with E-state index in [4.69, 9.17) is 5.11 Å². The zero-order chi connectivity index (χ0) is 17.1. The first-order chi connectivity index (χ1) is 10.8. The Hall–Kier alpha value is -2.28. The Morgan fingerprint density at radius 3 is 2.61 bits per heavy atom. The van der Waals surface area contributed by atoms with Gasteiger partial charge in [0.2, 0.25) is 5.91 Å². The highest BCUT2D eigenvalue weighted by Crippen LogP contribution is 2.24. The predicted octanol–water partition coefficient (Wildman–Crippen LogP) is 3.27. The van der Waals surface area contributed by atoms with Gasteiger partial charge in [-0.05, 0) is 38.5 Å². The highest BCUT2D eigenvalue weighted by molar-refractivity contribution is 7.13. The molecule has 2 unspecified atom stereocenters. The fourth-order valence-electron chi connectivity index (χ4n) is 2.13. The third-order valence-corrected chi connectivity index (χ3v) is 4.81. The summed E-state index contributed by atoms with van der Waals surface area (Å²) in [5.74, 6) is -2.21. The average Bonchev–Trinajstić information content (AvgIpc) is 2.88. The summed E-state index contributed by atoms with van der Waals surface area (Å²) >= 11 is 1.04. The minimum Gasteiger partial charge on any atom is -0.477 e. The van der Waals surface area contributed by atoms with Crippen LogP contribution in [-0.2, 0) is 4.79 Å². The van der Waals surface area contributed by atoms with Crippen LogP contribution in [0, 0.1) is 12.7 Å². The predicted molar refractivity (Wildman–Crippen MR) is 85.2 cm³/mol. The minimum absolute atomic E-state index is 0.166. The zero-order valence-corrected chi connectivity index (χ0v) is 13.8. The first-order valence-corrected chi connectivity index (χ1v) is 7.87. The Labute approximate surface area is 137 Å². The molecule has 0 aliphatic carbocycles. The van der Waals surface area contributed by atoms with Crippen LogP contribution in [-0.4, -0.2) is 22.0 Å². The molecular weight excluding hydrogens is 319 g/mol. The second-order valence-electron chi connectivity index (χ2n) is 5.28. The molecule has 23 heavy (non-hydrogen) atoms. The molecule has 1 aromatic carbocycles. The summed E-state index contributed by atoms with van der Waals surface area (Å²) in [7, 11) is 0. The minimum atomic E-state index is -1.03. The van der Waals surface area contributed by atoms with Crippen molar-refractivity contribution in [2.75, 3.05) is 0 Å². The molecule has 7 heteroatoms. The lowest BCUT2D eigenvalue weighted by molar-refractivity contribution is -0.122. The summed E-state index contributed by atoms with van der Waals surface area (Å²) in [5, 5.41) is 12.4. The first-order valence-electron chi connectivity index (χ1n) is 7.06. The summed E-state index contributed by atoms with van der Waals surface area (Å²) in [6, 6.07) is 5.47. The van der Waals surface area contributed by atoms with E-state index in [0.29, 0.717) is 16.3 Å². The number of rotatable bonds is 5. The number of nitrogens with one attached hydrogen (secondary N) is 1. The molecule has 1 amide bonds. The highest BCUT2D eigenvalue weighted by Gasteiger charge is 2.22. The van der Waals surface area contributed by atoms with Crippen LogP contribution in [0.5, 0.6) is 0 Å². The molecule has 2 N–H and O–H groups in total. The van der Waals surface area contributed by atoms with Crippen molar-refractivity contribution in [2.45, 2.75) is 32.7 Å². The van der Waals surface area contributed by atoms with Gasteiger partial charge in [0.05, 0.1) is 17.7 Å². The Bertz CT molecular complexity index is 745. The van der Waals surface area contributed by atoms with Crippen LogP contribution in [0.4, 0.5) is 4.39 Å². The Morgan fingerprint density at radius 2 is 2.04 bits per heavy atom. The number of carboxylic acid groups (broad SMARTS) is 1. The number of benzene rings is 1. The SMILES string of the molecule is Cc1nc(C(C)NC(=O)C(C)c2cccc(F)c2)sc1C(=O)O. The lowest BCUT2D eigenvalue weighted by Gasteiger charge is -2.16. The number of carboxylic acids is 1. The van der Waals surface area contributed by atoms with Gasteiger partial charge in [0.25, 0.3) is 0 Å². The maximum Gasteiger partial charge on any atom is 0.347 e. The standard InChI is InChI=1S/C16H17FN2O3S/c1-8(11-5-4-6-12(17)7-11)14(20)18-10(3)15-19-9(2)13(23-15)16(21)22/h4-8,10H,1-3H3,(H,18,20)(H,21,22). The van der Waals surface area contributed by atoms with Crippen LogP contribution in [0.2, 0.25) is 0 Å². The smallest absolute Gasteiger partial charge is 0.347 e. The van der Waals surface area contributed by atoms with Crippen molar-refractivity contribution in [3.8, 4) is 0 Å². The average molecular weight is 336 g/mol. The van der Waals surface area contributed by atoms with Gasteiger partial charge in [-0.2, -0.15) is 0 Å². The van der Waals surface area contributed by atoms with Crippen molar-refractivity contribution in [2.24, 2.45) is 0 Å². The molecule has 1 heterocycles. The normalized spacial score (nSPS) is 13.4. The maximum absolute atomic E-state index is 13.2. The summed E-state index contributed by atoms with van der Waals surface area (Å²) in [6.45, 7) is 5.04. The lowest BCUT2D eigenvalue weighted by atomic mass is 10.00. The van der Waals surface area contributed by atoms with E-state index in [1.807, 2.05) is 0 Å². The fraction of sp³-hybridized carbons (Fsp3) is 0.312. The Balaban J connectivity index is 2.10. The van der Waals surface area contributed by atoms with Crippen LogP contribution < -0.4 is 5.32 Å². The number of carbonyl (C=O) groups excluding carboxylic acids is 1. The molecule has 0 spiro atoms. The molecule has 0 fully saturated rings. The van der Waals surface area contributed by atoms with Gasteiger partial charge in [-0.1, -0.05) is 12.1 Å². The maximum atomic E-state index is 13.2. The summed E-state index contributed by atoms with van der Waals surface area (Å²) in [6.07, 6.45) is 0. The number of halogens is 1. The molecule has 0 bridgehead atoms. The molecule has 1 aromatic heterocycles. The zero-order valence-electron chi connectivity index (χ0n) is 13.0. The number of aromatic carboxylic acids is 1. The van der Waals surface area contributed by atoms with Crippen LogP contribution in [0.15, 0.2) is 24.3 Å². The van der Waals surface area contributed by atoms with Gasteiger partial charge in [0.15, 0.2) is 0 Å². The molecule has 0 aliphatic heterocycles. The molecule has 0 radical (unpaired) electrons. The van der Waals surface area contributed by atoms with E-state index in [9.17, 15) is 14.0 Å². The fourth-order valence-corrected chi connectivity index (χ4v) is 3.04. The summed E-state index contributed by atoms with van der Waals surface area (Å²) in [4.78, 5) is 27.7. The van der Waals surface area contributed by atoms with E-state index in [1.54, 1.807) is 32.9 Å². The number of hydrogen-bond donors (Lipinski definition) is 2. The molecule has 0 saturated carbocycles. The van der Waals surface area contributed by atoms with Crippen molar-refractivity contribution in [3.63, 3.8) is 0 Å². The Kier molecular flexibility index (Phi) is 5.10. The molecule has 2 aromatic rings. The van der Waals surface area contributed by atoms with Gasteiger partial charge in [-0.25, -0.2) is 14.2 Å². The third kappa shape index (κ3) is 3.92. The van der Waals surface area contributed by atoms with E-state index in [0.717, 1.165) is 11.3 Å². The number of nitrogens with zero attached hydrogens (tertiary/aromatic N) is 1. The third-order valence-electron chi connectivity index (χ3n) is 3.48. The monoisotopic (exact) mass is 336 g/mol. The summed E-state index contributed by atoms with van der Waals surface area (Å²) < 4.78 is 13.2. The van der Waals surface area contributed by atoms with E-state index in [1.165, 1.54) is 12.1 Å². The first kappa shape index (κ1) is 17.1. The van der Waals surface area contributed by atoms with Gasteiger partial charge in [0, 0.05) is 0 Å². The van der Waals surface area contributed by atoms with E-state index in [2.05, 4.69) is 10.3 Å². The molecule has 0 aliphatic rings. The van der Waals surface area contributed by atoms with Crippen molar-refractivity contribution in [1.29, 1.82) is 0 Å². The number of thiazole rings is 1. The van der Waals surface area contributed by atoms with Crippen LogP contribution in [0.3, 0.4) is 0 Å². The van der Waals surface area contributed by atoms with Crippen molar-refractivity contribution in [3.05, 3.63) is 51.2 Å². The summed E-state index contributed by atoms with van der Waals surface area (Å²) in [5.41, 5.74) is 1.01. The Morgan fingerprint density at radius 1 is 1.35 bits per heavy atom. The number of amides is 1. The van der Waals surface area contributed by atoms with Gasteiger partial charge in [0.1, 0.15) is 15.7 Å². The molecule has 122 valence electrons. The van der Waals surface area contributed by atoms with Gasteiger partial charge < -0.3 is 10.4 Å². The van der Waals surface area contributed by atoms with Crippen molar-refractivity contribution < 1.29 is 19.1 Å². The second kappa shape index (κ2) is 6.87. The van der Waals surface area contributed by atoms with Crippen LogP contribution in [0.25, 0.3) is 0 Å². The van der Waals surface area contributed by atoms with E-state index < -0.39 is 23.7 Å². The van der Waals surface area contributed by atoms with Gasteiger partial charge in [-0.3, -0.25) is 4.79 Å². The molecule has 5 nitrogen and oxygen atoms in total. The molecular formula is C16H17FN2O3S. The molecule has 2 rings (SSSR count). The number of aromatic nitrogens is 1. The van der Waals surface area contributed by atoms with Crippen LogP contribution in [0.1, 0.15) is 51.7 Å². The van der Waals surface area contributed by atoms with Crippen molar-refractivity contribution in [1.82, 2.24) is 10.3 Å². The number of carbonyl (C=O) groups is 2. The molecule has 2 atom stereocenters. The second-order valence-corrected chi connectivity index (χ2v) is 6.31. The molecule has 0 saturated heterocycles. The highest BCUT2D eigenvalue weighted by atomic mass is 32.1.